The number of hydrazine groups is 1. The van der Waals surface area contributed by atoms with Crippen LogP contribution in [-0.2, 0) is 14.8 Å². The second-order valence-corrected chi connectivity index (χ2v) is 8.49. The molecule has 0 radical (unpaired) electrons. The van der Waals surface area contributed by atoms with E-state index in [-0.39, 0.29) is 34.4 Å². The number of aliphatic imine (C=N–C) groups is 1. The van der Waals surface area contributed by atoms with Crippen LogP contribution >= 0.6 is 0 Å². The summed E-state index contributed by atoms with van der Waals surface area (Å²) in [5.41, 5.74) is 3.47. The van der Waals surface area contributed by atoms with Crippen molar-refractivity contribution in [2.24, 2.45) is 10.8 Å². The molecule has 1 amide bonds. The van der Waals surface area contributed by atoms with Gasteiger partial charge in [0, 0.05) is 6.07 Å². The van der Waals surface area contributed by atoms with Gasteiger partial charge in [-0.05, 0) is 36.4 Å². The number of nitrogens with two attached hydrogens (primary N) is 1. The number of rotatable bonds is 7. The molecule has 4 N–H and O–H groups in total. The maximum atomic E-state index is 13.0. The van der Waals surface area contributed by atoms with Crippen molar-refractivity contribution in [3.63, 3.8) is 0 Å². The fourth-order valence-corrected chi connectivity index (χ4v) is 4.32. The Morgan fingerprint density at radius 1 is 1.09 bits per heavy atom. The molecule has 166 valence electrons. The third-order valence-corrected chi connectivity index (χ3v) is 6.11. The first kappa shape index (κ1) is 21.8. The average Bonchev–Trinajstić information content (AvgIpc) is 3.41. The molecule has 0 fully saturated rings. The van der Waals surface area contributed by atoms with Gasteiger partial charge in [-0.25, -0.2) is 23.9 Å². The van der Waals surface area contributed by atoms with Crippen LogP contribution in [0, 0.1) is 11.3 Å². The highest BCUT2D eigenvalue weighted by Gasteiger charge is 2.31. The lowest BCUT2D eigenvalue weighted by Gasteiger charge is -2.18. The lowest BCUT2D eigenvalue weighted by atomic mass is 10.2. The highest BCUT2D eigenvalue weighted by Crippen LogP contribution is 2.31. The largest absolute Gasteiger partial charge is 0.315 e. The van der Waals surface area contributed by atoms with Crippen LogP contribution in [0.15, 0.2) is 88.1 Å². The molecule has 33 heavy (non-hydrogen) atoms. The molecule has 2 heterocycles. The van der Waals surface area contributed by atoms with Gasteiger partial charge < -0.3 is 5.43 Å². The molecular formula is C21H18N8O3S. The molecule has 1 aromatic heterocycles. The number of nitriles is 1. The standard InChI is InChI=1S/C21H18N8O3S/c22-13-15-12-20(30)28(21(15)24-14-25-23)16-6-8-18(9-7-16)33(31,32)27-19-10-11-26-29(19)17-4-2-1-3-5-17/h1-11,14,27H,12,23H2,(H,24,25). The Hall–Kier alpha value is -4.47. The normalized spacial score (nSPS) is 14.1. The molecule has 3 aromatic rings. The number of para-hydroxylation sites is 1. The zero-order valence-electron chi connectivity index (χ0n) is 17.1. The second-order valence-electron chi connectivity index (χ2n) is 6.81. The first-order chi connectivity index (χ1) is 15.9. The molecule has 0 atom stereocenters. The Bertz CT molecular complexity index is 1390. The molecular weight excluding hydrogens is 444 g/mol. The summed E-state index contributed by atoms with van der Waals surface area (Å²) in [4.78, 5) is 17.7. The van der Waals surface area contributed by atoms with Crippen LogP contribution in [0.4, 0.5) is 11.5 Å². The number of benzene rings is 2. The van der Waals surface area contributed by atoms with Crippen LogP contribution in [0.1, 0.15) is 6.42 Å². The number of carbonyl (C=O) groups is 1. The maximum Gasteiger partial charge on any atom is 0.263 e. The van der Waals surface area contributed by atoms with E-state index in [0.717, 1.165) is 6.34 Å². The Morgan fingerprint density at radius 2 is 1.82 bits per heavy atom. The van der Waals surface area contributed by atoms with Gasteiger partial charge in [-0.15, -0.1) is 0 Å². The zero-order valence-corrected chi connectivity index (χ0v) is 17.9. The van der Waals surface area contributed by atoms with Crippen molar-refractivity contribution in [1.29, 1.82) is 5.26 Å². The van der Waals surface area contributed by atoms with E-state index in [2.05, 4.69) is 20.2 Å². The summed E-state index contributed by atoms with van der Waals surface area (Å²) in [5, 5.41) is 13.5. The fraction of sp³-hybridized carbons (Fsp3) is 0.0476. The van der Waals surface area contributed by atoms with E-state index in [1.807, 2.05) is 24.3 Å². The van der Waals surface area contributed by atoms with Crippen LogP contribution in [0.25, 0.3) is 5.69 Å². The summed E-state index contributed by atoms with van der Waals surface area (Å²) < 4.78 is 29.9. The van der Waals surface area contributed by atoms with Crippen molar-refractivity contribution < 1.29 is 13.2 Å². The number of nitrogens with zero attached hydrogens (tertiary/aromatic N) is 5. The molecule has 11 nitrogen and oxygen atoms in total. The lowest BCUT2D eigenvalue weighted by Crippen LogP contribution is -2.25. The van der Waals surface area contributed by atoms with E-state index in [4.69, 9.17) is 5.84 Å². The van der Waals surface area contributed by atoms with E-state index in [0.29, 0.717) is 11.4 Å². The van der Waals surface area contributed by atoms with Crippen molar-refractivity contribution in [2.75, 3.05) is 9.62 Å². The zero-order chi connectivity index (χ0) is 23.4. The third-order valence-electron chi connectivity index (χ3n) is 4.74. The monoisotopic (exact) mass is 462 g/mol. The Morgan fingerprint density at radius 3 is 2.48 bits per heavy atom. The molecule has 2 aromatic carbocycles. The summed E-state index contributed by atoms with van der Waals surface area (Å²) >= 11 is 0. The number of hydrogen-bond acceptors (Lipinski definition) is 7. The summed E-state index contributed by atoms with van der Waals surface area (Å²) in [5.74, 6) is 5.23. The SMILES string of the molecule is N#CC1=C(N=CNN)N(c2ccc(S(=O)(=O)Nc3ccnn3-c3ccccc3)cc2)C(=O)C1. The van der Waals surface area contributed by atoms with Crippen molar-refractivity contribution in [1.82, 2.24) is 15.2 Å². The number of anilines is 2. The molecule has 1 aliphatic rings. The molecule has 0 bridgehead atoms. The van der Waals surface area contributed by atoms with Gasteiger partial charge in [0.2, 0.25) is 5.91 Å². The van der Waals surface area contributed by atoms with Crippen LogP contribution < -0.4 is 20.9 Å². The summed E-state index contributed by atoms with van der Waals surface area (Å²) in [6.45, 7) is 0. The van der Waals surface area contributed by atoms with Crippen LogP contribution in [-0.4, -0.2) is 30.4 Å². The van der Waals surface area contributed by atoms with E-state index < -0.39 is 10.0 Å². The topological polar surface area (TPSA) is 158 Å². The minimum absolute atomic E-state index is 0.0168. The van der Waals surface area contributed by atoms with Crippen molar-refractivity contribution >= 4 is 33.8 Å². The first-order valence-corrected chi connectivity index (χ1v) is 11.1. The Balaban J connectivity index is 1.61. The highest BCUT2D eigenvalue weighted by atomic mass is 32.2. The van der Waals surface area contributed by atoms with E-state index in [1.165, 1.54) is 40.0 Å². The van der Waals surface area contributed by atoms with Crippen molar-refractivity contribution in [2.45, 2.75) is 11.3 Å². The van der Waals surface area contributed by atoms with Gasteiger partial charge >= 0.3 is 0 Å². The van der Waals surface area contributed by atoms with Gasteiger partial charge in [-0.2, -0.15) is 10.4 Å². The Kier molecular flexibility index (Phi) is 5.90. The van der Waals surface area contributed by atoms with Gasteiger partial charge in [0.05, 0.1) is 40.5 Å². The molecule has 1 aliphatic heterocycles. The second kappa shape index (κ2) is 8.95. The van der Waals surface area contributed by atoms with Crippen molar-refractivity contribution in [3.8, 4) is 11.8 Å². The molecule has 0 saturated carbocycles. The number of nitrogens with one attached hydrogen (secondary N) is 2. The quantitative estimate of drug-likeness (QED) is 0.208. The average molecular weight is 462 g/mol. The van der Waals surface area contributed by atoms with E-state index >= 15 is 0 Å². The fourth-order valence-electron chi connectivity index (χ4n) is 3.28. The van der Waals surface area contributed by atoms with Crippen LogP contribution in [0.5, 0.6) is 0 Å². The summed E-state index contributed by atoms with van der Waals surface area (Å²) in [6.07, 6.45) is 2.53. The number of sulfonamides is 1. The minimum atomic E-state index is -3.95. The smallest absolute Gasteiger partial charge is 0.263 e. The molecule has 4 rings (SSSR count). The van der Waals surface area contributed by atoms with Gasteiger partial charge in [-0.1, -0.05) is 18.2 Å². The highest BCUT2D eigenvalue weighted by molar-refractivity contribution is 7.92. The van der Waals surface area contributed by atoms with E-state index in [9.17, 15) is 18.5 Å². The minimum Gasteiger partial charge on any atom is -0.315 e. The third kappa shape index (κ3) is 4.31. The molecule has 0 unspecified atom stereocenters. The van der Waals surface area contributed by atoms with Crippen LogP contribution in [0.3, 0.4) is 0 Å². The summed E-state index contributed by atoms with van der Waals surface area (Å²) in [6, 6.07) is 18.2. The predicted octanol–water partition coefficient (Wildman–Crippen LogP) is 1.64. The van der Waals surface area contributed by atoms with Crippen LogP contribution in [0.2, 0.25) is 0 Å². The molecule has 0 spiro atoms. The predicted molar refractivity (Wildman–Crippen MR) is 121 cm³/mol. The van der Waals surface area contributed by atoms with Gasteiger partial charge in [0.15, 0.2) is 5.82 Å². The van der Waals surface area contributed by atoms with Gasteiger partial charge in [0.25, 0.3) is 10.0 Å². The number of aromatic nitrogens is 2. The molecule has 12 heteroatoms. The molecule has 0 aliphatic carbocycles. The number of carbonyl (C=O) groups excluding carboxylic acids is 1. The number of hydrogen-bond donors (Lipinski definition) is 3. The van der Waals surface area contributed by atoms with Gasteiger partial charge in [0.1, 0.15) is 12.2 Å². The first-order valence-electron chi connectivity index (χ1n) is 9.62. The summed E-state index contributed by atoms with van der Waals surface area (Å²) in [7, 11) is -3.95. The maximum absolute atomic E-state index is 13.0. The van der Waals surface area contributed by atoms with Gasteiger partial charge in [-0.3, -0.25) is 14.4 Å². The van der Waals surface area contributed by atoms with E-state index in [1.54, 1.807) is 18.2 Å². The number of amides is 1. The Labute approximate surface area is 189 Å². The lowest BCUT2D eigenvalue weighted by molar-refractivity contribution is -0.116. The molecule has 0 saturated heterocycles. The van der Waals surface area contributed by atoms with Crippen molar-refractivity contribution in [3.05, 3.63) is 78.3 Å².